The number of nitrogens with zero attached hydrogens (tertiary/aromatic N) is 3. The Kier molecular flexibility index (Phi) is 8.35. The summed E-state index contributed by atoms with van der Waals surface area (Å²) in [6.45, 7) is 8.69. The number of morpholine rings is 1. The van der Waals surface area contributed by atoms with Gasteiger partial charge in [-0.3, -0.25) is 14.6 Å². The average molecular weight is 452 g/mol. The van der Waals surface area contributed by atoms with Crippen molar-refractivity contribution >= 4 is 29.3 Å². The SMILES string of the molecule is O=C(CC[C@H]1CN(Cc2ccc(Cl)cc2)CC[C@H]1N1CCOCC1)N1CCSCC1. The molecule has 3 aliphatic rings. The molecule has 7 heteroatoms. The molecular formula is C23H34ClN3O2S. The molecule has 166 valence electrons. The summed E-state index contributed by atoms with van der Waals surface area (Å²) < 4.78 is 5.59. The molecule has 2 atom stereocenters. The van der Waals surface area contributed by atoms with Crippen LogP contribution >= 0.6 is 23.4 Å². The minimum absolute atomic E-state index is 0.353. The molecule has 3 aliphatic heterocycles. The number of halogens is 1. The van der Waals surface area contributed by atoms with Gasteiger partial charge in [0.1, 0.15) is 0 Å². The molecule has 1 amide bonds. The fourth-order valence-electron chi connectivity index (χ4n) is 5.04. The fraction of sp³-hybridized carbons (Fsp3) is 0.696. The largest absolute Gasteiger partial charge is 0.379 e. The van der Waals surface area contributed by atoms with Crippen LogP contribution in [0.3, 0.4) is 0 Å². The summed E-state index contributed by atoms with van der Waals surface area (Å²) in [6, 6.07) is 8.78. The highest BCUT2D eigenvalue weighted by atomic mass is 35.5. The van der Waals surface area contributed by atoms with Gasteiger partial charge in [-0.2, -0.15) is 11.8 Å². The number of benzene rings is 1. The van der Waals surface area contributed by atoms with Gasteiger partial charge in [-0.25, -0.2) is 0 Å². The molecule has 0 aliphatic carbocycles. The summed E-state index contributed by atoms with van der Waals surface area (Å²) in [4.78, 5) is 20.0. The third-order valence-electron chi connectivity index (χ3n) is 6.70. The van der Waals surface area contributed by atoms with Crippen molar-refractivity contribution in [2.45, 2.75) is 31.8 Å². The lowest BCUT2D eigenvalue weighted by molar-refractivity contribution is -0.131. The number of amides is 1. The van der Waals surface area contributed by atoms with Crippen molar-refractivity contribution in [3.63, 3.8) is 0 Å². The third-order valence-corrected chi connectivity index (χ3v) is 7.90. The maximum absolute atomic E-state index is 12.8. The molecule has 3 heterocycles. The molecule has 0 aromatic heterocycles. The van der Waals surface area contributed by atoms with Gasteiger partial charge in [0, 0.05) is 68.3 Å². The summed E-state index contributed by atoms with van der Waals surface area (Å²) in [5, 5.41) is 0.789. The number of carbonyl (C=O) groups is 1. The van der Waals surface area contributed by atoms with Crippen molar-refractivity contribution in [2.24, 2.45) is 5.92 Å². The highest BCUT2D eigenvalue weighted by molar-refractivity contribution is 7.99. The van der Waals surface area contributed by atoms with Crippen LogP contribution in [0.2, 0.25) is 5.02 Å². The molecule has 3 saturated heterocycles. The van der Waals surface area contributed by atoms with Crippen LogP contribution in [0.1, 0.15) is 24.8 Å². The van der Waals surface area contributed by atoms with Crippen molar-refractivity contribution in [1.82, 2.24) is 14.7 Å². The predicted octanol–water partition coefficient (Wildman–Crippen LogP) is 3.22. The van der Waals surface area contributed by atoms with Crippen LogP contribution in [0.4, 0.5) is 0 Å². The molecule has 1 aromatic carbocycles. The first kappa shape index (κ1) is 22.4. The molecule has 3 fully saturated rings. The van der Waals surface area contributed by atoms with Gasteiger partial charge in [-0.1, -0.05) is 23.7 Å². The van der Waals surface area contributed by atoms with E-state index in [0.717, 1.165) is 82.0 Å². The summed E-state index contributed by atoms with van der Waals surface area (Å²) in [5.74, 6) is 3.05. The number of carbonyl (C=O) groups excluding carboxylic acids is 1. The maximum atomic E-state index is 12.8. The van der Waals surface area contributed by atoms with E-state index in [0.29, 0.717) is 24.3 Å². The molecule has 0 N–H and O–H groups in total. The Morgan fingerprint density at radius 2 is 1.80 bits per heavy atom. The summed E-state index contributed by atoms with van der Waals surface area (Å²) in [6.07, 6.45) is 2.85. The van der Waals surface area contributed by atoms with Crippen LogP contribution in [0.15, 0.2) is 24.3 Å². The highest BCUT2D eigenvalue weighted by Gasteiger charge is 2.34. The monoisotopic (exact) mass is 451 g/mol. The minimum Gasteiger partial charge on any atom is -0.379 e. The first-order valence-corrected chi connectivity index (χ1v) is 12.9. The summed E-state index contributed by atoms with van der Waals surface area (Å²) in [7, 11) is 0. The number of likely N-dealkylation sites (tertiary alicyclic amines) is 1. The molecule has 0 spiro atoms. The van der Waals surface area contributed by atoms with Crippen LogP contribution in [-0.2, 0) is 16.1 Å². The Labute approximate surface area is 190 Å². The van der Waals surface area contributed by atoms with Crippen LogP contribution in [0.5, 0.6) is 0 Å². The normalized spacial score (nSPS) is 26.6. The topological polar surface area (TPSA) is 36.0 Å². The van der Waals surface area contributed by atoms with Gasteiger partial charge in [-0.05, 0) is 43.0 Å². The number of piperidine rings is 1. The second-order valence-corrected chi connectivity index (χ2v) is 10.3. The van der Waals surface area contributed by atoms with Crippen molar-refractivity contribution in [3.05, 3.63) is 34.9 Å². The molecule has 4 rings (SSSR count). The number of hydrogen-bond acceptors (Lipinski definition) is 5. The van der Waals surface area contributed by atoms with Crippen molar-refractivity contribution in [1.29, 1.82) is 0 Å². The van der Waals surface area contributed by atoms with E-state index in [4.69, 9.17) is 16.3 Å². The number of hydrogen-bond donors (Lipinski definition) is 0. The van der Waals surface area contributed by atoms with Crippen molar-refractivity contribution in [2.75, 3.05) is 64.0 Å². The van der Waals surface area contributed by atoms with Gasteiger partial charge in [0.15, 0.2) is 0 Å². The summed E-state index contributed by atoms with van der Waals surface area (Å²) >= 11 is 8.01. The fourth-order valence-corrected chi connectivity index (χ4v) is 6.07. The van der Waals surface area contributed by atoms with Gasteiger partial charge in [0.2, 0.25) is 5.91 Å². The van der Waals surface area contributed by atoms with Gasteiger partial charge in [0.05, 0.1) is 13.2 Å². The van der Waals surface area contributed by atoms with Crippen LogP contribution < -0.4 is 0 Å². The van der Waals surface area contributed by atoms with Crippen molar-refractivity contribution in [3.8, 4) is 0 Å². The Balaban J connectivity index is 1.37. The summed E-state index contributed by atoms with van der Waals surface area (Å²) in [5.41, 5.74) is 1.31. The lowest BCUT2D eigenvalue weighted by Gasteiger charge is -2.45. The van der Waals surface area contributed by atoms with Crippen LogP contribution in [0, 0.1) is 5.92 Å². The second-order valence-electron chi connectivity index (χ2n) is 8.66. The van der Waals surface area contributed by atoms with Crippen molar-refractivity contribution < 1.29 is 9.53 Å². The first-order valence-electron chi connectivity index (χ1n) is 11.3. The highest BCUT2D eigenvalue weighted by Crippen LogP contribution is 2.28. The second kappa shape index (κ2) is 11.2. The van der Waals surface area contributed by atoms with Crippen LogP contribution in [0.25, 0.3) is 0 Å². The quantitative estimate of drug-likeness (QED) is 0.663. The molecule has 30 heavy (non-hydrogen) atoms. The zero-order chi connectivity index (χ0) is 20.8. The molecule has 0 bridgehead atoms. The number of thioether (sulfide) groups is 1. The van der Waals surface area contributed by atoms with E-state index in [9.17, 15) is 4.79 Å². The number of rotatable bonds is 6. The van der Waals surface area contributed by atoms with E-state index in [1.807, 2.05) is 23.9 Å². The Hall–Kier alpha value is -0.790. The lowest BCUT2D eigenvalue weighted by atomic mass is 9.86. The predicted molar refractivity (Wildman–Crippen MR) is 124 cm³/mol. The standard InChI is InChI=1S/C23H34ClN3O2S/c24-21-4-1-19(2-5-21)17-25-8-7-22(26-9-13-29-14-10-26)20(18-25)3-6-23(28)27-11-15-30-16-12-27/h1-2,4-5,20,22H,3,6-18H2/t20-,22+/m0/s1. The Morgan fingerprint density at radius 3 is 2.53 bits per heavy atom. The zero-order valence-corrected chi connectivity index (χ0v) is 19.4. The van der Waals surface area contributed by atoms with Gasteiger partial charge in [-0.15, -0.1) is 0 Å². The minimum atomic E-state index is 0.353. The lowest BCUT2D eigenvalue weighted by Crippen LogP contribution is -2.54. The molecular weight excluding hydrogens is 418 g/mol. The van der Waals surface area contributed by atoms with E-state index >= 15 is 0 Å². The van der Waals surface area contributed by atoms with Gasteiger partial charge >= 0.3 is 0 Å². The smallest absolute Gasteiger partial charge is 0.222 e. The maximum Gasteiger partial charge on any atom is 0.222 e. The Morgan fingerprint density at radius 1 is 1.07 bits per heavy atom. The first-order chi connectivity index (χ1) is 14.7. The van der Waals surface area contributed by atoms with E-state index in [-0.39, 0.29) is 0 Å². The molecule has 0 unspecified atom stereocenters. The van der Waals surface area contributed by atoms with E-state index in [1.54, 1.807) is 0 Å². The van der Waals surface area contributed by atoms with E-state index < -0.39 is 0 Å². The van der Waals surface area contributed by atoms with Crippen LogP contribution in [-0.4, -0.2) is 90.6 Å². The molecule has 0 saturated carbocycles. The zero-order valence-electron chi connectivity index (χ0n) is 17.8. The molecule has 5 nitrogen and oxygen atoms in total. The Bertz CT molecular complexity index is 678. The van der Waals surface area contributed by atoms with E-state index in [1.165, 1.54) is 12.0 Å². The molecule has 0 radical (unpaired) electrons. The van der Waals surface area contributed by atoms with Gasteiger partial charge in [0.25, 0.3) is 0 Å². The average Bonchev–Trinajstić information content (AvgIpc) is 2.80. The third kappa shape index (κ3) is 6.13. The molecule has 1 aromatic rings. The van der Waals surface area contributed by atoms with E-state index in [2.05, 4.69) is 26.8 Å². The number of ether oxygens (including phenoxy) is 1. The van der Waals surface area contributed by atoms with Gasteiger partial charge < -0.3 is 9.64 Å².